The summed E-state index contributed by atoms with van der Waals surface area (Å²) in [6, 6.07) is 10.8. The molecule has 2 N–H and O–H groups in total. The van der Waals surface area contributed by atoms with Crippen molar-refractivity contribution < 1.29 is 9.47 Å². The van der Waals surface area contributed by atoms with Crippen LogP contribution in [0.3, 0.4) is 0 Å². The van der Waals surface area contributed by atoms with E-state index in [1.54, 1.807) is 19.5 Å². The van der Waals surface area contributed by atoms with Crippen molar-refractivity contribution in [1.82, 2.24) is 20.3 Å². The lowest BCUT2D eigenvalue weighted by Gasteiger charge is -2.23. The van der Waals surface area contributed by atoms with Gasteiger partial charge in [-0.3, -0.25) is 4.98 Å². The molecule has 6 nitrogen and oxygen atoms in total. The van der Waals surface area contributed by atoms with Crippen molar-refractivity contribution in [3.8, 4) is 34.0 Å². The predicted octanol–water partition coefficient (Wildman–Crippen LogP) is 5.05. The van der Waals surface area contributed by atoms with Crippen molar-refractivity contribution in [2.45, 2.75) is 32.8 Å². The molecule has 1 aliphatic heterocycles. The molecule has 164 valence electrons. The Balaban J connectivity index is 1.50. The third-order valence-electron chi connectivity index (χ3n) is 6.11. The smallest absolute Gasteiger partial charge is 0.233 e. The van der Waals surface area contributed by atoms with Crippen molar-refractivity contribution >= 4 is 10.9 Å². The number of nitrogens with zero attached hydrogens (tertiary/aromatic N) is 2. The zero-order valence-corrected chi connectivity index (χ0v) is 18.7. The lowest BCUT2D eigenvalue weighted by molar-refractivity contribution is 0.160. The summed E-state index contributed by atoms with van der Waals surface area (Å²) in [6.45, 7) is 6.07. The van der Waals surface area contributed by atoms with Crippen molar-refractivity contribution in [2.24, 2.45) is 0 Å². The third-order valence-corrected chi connectivity index (χ3v) is 6.11. The molecule has 0 amide bonds. The van der Waals surface area contributed by atoms with Crippen LogP contribution in [0.15, 0.2) is 48.9 Å². The molecular weight excluding hydrogens is 400 g/mol. The molecule has 6 heteroatoms. The van der Waals surface area contributed by atoms with E-state index in [9.17, 15) is 0 Å². The van der Waals surface area contributed by atoms with E-state index in [1.165, 1.54) is 5.56 Å². The molecule has 0 aliphatic carbocycles. The molecule has 0 radical (unpaired) electrons. The number of aromatic nitrogens is 3. The molecule has 1 atom stereocenters. The molecule has 3 heterocycles. The number of nitrogens with one attached hydrogen (secondary N) is 2. The molecule has 1 aliphatic rings. The van der Waals surface area contributed by atoms with Crippen LogP contribution in [0, 0.1) is 13.8 Å². The Morgan fingerprint density at radius 2 is 1.88 bits per heavy atom. The predicted molar refractivity (Wildman–Crippen MR) is 127 cm³/mol. The fourth-order valence-electron chi connectivity index (χ4n) is 4.58. The highest BCUT2D eigenvalue weighted by Crippen LogP contribution is 2.34. The Labute approximate surface area is 188 Å². The third kappa shape index (κ3) is 3.94. The van der Waals surface area contributed by atoms with Gasteiger partial charge in [-0.15, -0.1) is 0 Å². The first kappa shape index (κ1) is 20.5. The number of rotatable bonds is 5. The SMILES string of the molecule is COc1c(C)cc(-c2ccc3[nH]cc(-c4cncc(OC5CCCNC5)n4)c3c2)cc1C. The second-order valence-corrected chi connectivity index (χ2v) is 8.43. The fraction of sp³-hybridized carbons (Fsp3) is 0.308. The van der Waals surface area contributed by atoms with Gasteiger partial charge in [0.2, 0.25) is 5.88 Å². The normalized spacial score (nSPS) is 16.3. The summed E-state index contributed by atoms with van der Waals surface area (Å²) in [5.41, 5.74) is 7.47. The summed E-state index contributed by atoms with van der Waals surface area (Å²) in [5.74, 6) is 1.51. The average Bonchev–Trinajstić information content (AvgIpc) is 3.23. The maximum atomic E-state index is 6.09. The first-order chi connectivity index (χ1) is 15.6. The quantitative estimate of drug-likeness (QED) is 0.466. The summed E-state index contributed by atoms with van der Waals surface area (Å²) in [5, 5.41) is 4.48. The highest BCUT2D eigenvalue weighted by atomic mass is 16.5. The van der Waals surface area contributed by atoms with Gasteiger partial charge in [0.05, 0.1) is 25.2 Å². The summed E-state index contributed by atoms with van der Waals surface area (Å²) in [4.78, 5) is 12.5. The molecule has 2 aromatic carbocycles. The highest BCUT2D eigenvalue weighted by Gasteiger charge is 2.17. The van der Waals surface area contributed by atoms with Crippen LogP contribution in [-0.2, 0) is 0 Å². The minimum absolute atomic E-state index is 0.143. The number of benzene rings is 2. The molecule has 1 fully saturated rings. The van der Waals surface area contributed by atoms with Crippen LogP contribution < -0.4 is 14.8 Å². The van der Waals surface area contributed by atoms with Crippen molar-refractivity contribution in [3.63, 3.8) is 0 Å². The largest absolute Gasteiger partial charge is 0.496 e. The second kappa shape index (κ2) is 8.63. The minimum Gasteiger partial charge on any atom is -0.496 e. The number of aryl methyl sites for hydroxylation is 2. The zero-order valence-electron chi connectivity index (χ0n) is 18.7. The second-order valence-electron chi connectivity index (χ2n) is 8.43. The Kier molecular flexibility index (Phi) is 5.53. The Morgan fingerprint density at radius 1 is 1.03 bits per heavy atom. The lowest BCUT2D eigenvalue weighted by atomic mass is 9.98. The van der Waals surface area contributed by atoms with E-state index in [-0.39, 0.29) is 6.10 Å². The monoisotopic (exact) mass is 428 g/mol. The molecular formula is C26H28N4O2. The standard InChI is InChI=1S/C26H28N4O2/c1-16-9-19(10-17(2)26(16)31-3)18-6-7-23-21(11-18)22(13-29-23)24-14-28-15-25(30-24)32-20-5-4-8-27-12-20/h6-7,9-11,13-15,20,27,29H,4-5,8,12H2,1-3H3. The molecule has 0 saturated carbocycles. The number of piperidine rings is 1. The van der Waals surface area contributed by atoms with E-state index >= 15 is 0 Å². The van der Waals surface area contributed by atoms with Crippen LogP contribution in [0.2, 0.25) is 0 Å². The van der Waals surface area contributed by atoms with Crippen LogP contribution in [0.4, 0.5) is 0 Å². The summed E-state index contributed by atoms with van der Waals surface area (Å²) in [7, 11) is 1.72. The molecule has 2 aromatic heterocycles. The van der Waals surface area contributed by atoms with Crippen LogP contribution in [-0.4, -0.2) is 41.3 Å². The maximum Gasteiger partial charge on any atom is 0.233 e. The number of methoxy groups -OCH3 is 1. The molecule has 1 unspecified atom stereocenters. The molecule has 4 aromatic rings. The van der Waals surface area contributed by atoms with E-state index in [0.29, 0.717) is 5.88 Å². The van der Waals surface area contributed by atoms with Crippen LogP contribution >= 0.6 is 0 Å². The topological polar surface area (TPSA) is 72.1 Å². The first-order valence-electron chi connectivity index (χ1n) is 11.1. The van der Waals surface area contributed by atoms with Crippen LogP contribution in [0.1, 0.15) is 24.0 Å². The Hall–Kier alpha value is -3.38. The van der Waals surface area contributed by atoms with Gasteiger partial charge in [0.1, 0.15) is 11.9 Å². The van der Waals surface area contributed by atoms with Crippen LogP contribution in [0.25, 0.3) is 33.3 Å². The number of fused-ring (bicyclic) bond motifs is 1. The van der Waals surface area contributed by atoms with E-state index in [2.05, 4.69) is 59.5 Å². The van der Waals surface area contributed by atoms with Gasteiger partial charge in [-0.05, 0) is 79.8 Å². The van der Waals surface area contributed by atoms with Gasteiger partial charge in [-0.1, -0.05) is 6.07 Å². The van der Waals surface area contributed by atoms with Gasteiger partial charge in [-0.25, -0.2) is 4.98 Å². The minimum atomic E-state index is 0.143. The zero-order chi connectivity index (χ0) is 22.1. The summed E-state index contributed by atoms with van der Waals surface area (Å²) < 4.78 is 11.6. The highest BCUT2D eigenvalue weighted by molar-refractivity contribution is 5.97. The number of ether oxygens (including phenoxy) is 2. The molecule has 0 bridgehead atoms. The number of hydrogen-bond acceptors (Lipinski definition) is 5. The van der Waals surface area contributed by atoms with Gasteiger partial charge >= 0.3 is 0 Å². The van der Waals surface area contributed by atoms with E-state index < -0.39 is 0 Å². The van der Waals surface area contributed by atoms with E-state index in [0.717, 1.165) is 70.5 Å². The number of hydrogen-bond donors (Lipinski definition) is 2. The average molecular weight is 429 g/mol. The van der Waals surface area contributed by atoms with E-state index in [4.69, 9.17) is 14.5 Å². The molecule has 1 saturated heterocycles. The summed E-state index contributed by atoms with van der Waals surface area (Å²) >= 11 is 0. The van der Waals surface area contributed by atoms with Crippen molar-refractivity contribution in [2.75, 3.05) is 20.2 Å². The van der Waals surface area contributed by atoms with Gasteiger partial charge < -0.3 is 19.8 Å². The van der Waals surface area contributed by atoms with Gasteiger partial charge in [0, 0.05) is 29.2 Å². The van der Waals surface area contributed by atoms with Crippen molar-refractivity contribution in [3.05, 3.63) is 60.0 Å². The summed E-state index contributed by atoms with van der Waals surface area (Å²) in [6.07, 6.45) is 7.78. The van der Waals surface area contributed by atoms with E-state index in [1.807, 2.05) is 6.20 Å². The van der Waals surface area contributed by atoms with Gasteiger partial charge in [0.15, 0.2) is 0 Å². The molecule has 0 spiro atoms. The molecule has 5 rings (SSSR count). The number of aromatic amines is 1. The van der Waals surface area contributed by atoms with Crippen molar-refractivity contribution in [1.29, 1.82) is 0 Å². The van der Waals surface area contributed by atoms with Crippen LogP contribution in [0.5, 0.6) is 11.6 Å². The first-order valence-corrected chi connectivity index (χ1v) is 11.1. The van der Waals surface area contributed by atoms with Gasteiger partial charge in [-0.2, -0.15) is 0 Å². The number of H-pyrrole nitrogens is 1. The Bertz CT molecular complexity index is 1230. The lowest BCUT2D eigenvalue weighted by Crippen LogP contribution is -2.37. The Morgan fingerprint density at radius 3 is 2.62 bits per heavy atom. The molecule has 32 heavy (non-hydrogen) atoms. The fourth-order valence-corrected chi connectivity index (χ4v) is 4.58. The van der Waals surface area contributed by atoms with Gasteiger partial charge in [0.25, 0.3) is 0 Å². The maximum absolute atomic E-state index is 6.09.